The van der Waals surface area contributed by atoms with Crippen molar-refractivity contribution < 1.29 is 35.9 Å². The normalized spacial score (nSPS) is 17.8. The second-order valence-electron chi connectivity index (χ2n) is 11.4. The number of aromatic amines is 1. The van der Waals surface area contributed by atoms with Gasteiger partial charge in [-0.05, 0) is 64.9 Å². The Morgan fingerprint density at radius 1 is 1.00 bits per heavy atom. The standard InChI is InChI=1S/C30H31F6N7O2/c1-18(2)17-43-23-9-5-4-8-21(23)25(40-43)22-16-28(30(34,35)36,37-27(44)24(22)26-38-41-42-39-26)19-10-12-20(13-11-19)45-15-7-3-6-14-29(31,32)33/h4-5,8-13,18H,3,6-7,14-17H2,1-2H3,(H,37,44)(H,38,39,41,42). The molecular formula is C30H31F6N7O2. The van der Waals surface area contributed by atoms with Gasteiger partial charge in [0.05, 0.1) is 23.4 Å². The van der Waals surface area contributed by atoms with E-state index in [1.165, 1.54) is 24.3 Å². The highest BCUT2D eigenvalue weighted by Gasteiger charge is 2.60. The first-order valence-electron chi connectivity index (χ1n) is 14.4. The van der Waals surface area contributed by atoms with Crippen LogP contribution in [0, 0.1) is 5.92 Å². The molecule has 2 aromatic carbocycles. The maximum Gasteiger partial charge on any atom is 0.416 e. The molecule has 2 N–H and O–H groups in total. The van der Waals surface area contributed by atoms with Gasteiger partial charge in [-0.15, -0.1) is 5.10 Å². The first-order valence-corrected chi connectivity index (χ1v) is 14.4. The van der Waals surface area contributed by atoms with Gasteiger partial charge >= 0.3 is 12.4 Å². The van der Waals surface area contributed by atoms with Crippen LogP contribution >= 0.6 is 0 Å². The summed E-state index contributed by atoms with van der Waals surface area (Å²) in [6.45, 7) is 4.58. The number of fused-ring (bicyclic) bond motifs is 1. The molecule has 5 rings (SSSR count). The van der Waals surface area contributed by atoms with E-state index in [1.54, 1.807) is 22.9 Å². The van der Waals surface area contributed by atoms with Gasteiger partial charge in [0.2, 0.25) is 0 Å². The first kappa shape index (κ1) is 32.0. The summed E-state index contributed by atoms with van der Waals surface area (Å²) in [5.41, 5.74) is -2.29. The molecule has 1 aliphatic rings. The molecule has 2 aromatic heterocycles. The number of aromatic nitrogens is 6. The predicted molar refractivity (Wildman–Crippen MR) is 153 cm³/mol. The van der Waals surface area contributed by atoms with E-state index >= 15 is 13.2 Å². The topological polar surface area (TPSA) is 111 Å². The molecule has 0 spiro atoms. The van der Waals surface area contributed by atoms with E-state index in [2.05, 4.69) is 25.9 Å². The number of nitrogens with one attached hydrogen (secondary N) is 2. The number of hydrogen-bond acceptors (Lipinski definition) is 6. The molecule has 45 heavy (non-hydrogen) atoms. The van der Waals surface area contributed by atoms with Gasteiger partial charge in [-0.1, -0.05) is 44.2 Å². The largest absolute Gasteiger partial charge is 0.494 e. The number of carbonyl (C=O) groups is 1. The molecule has 240 valence electrons. The number of unbranched alkanes of at least 4 members (excludes halogenated alkanes) is 2. The molecule has 4 aromatic rings. The Hall–Kier alpha value is -4.43. The zero-order valence-corrected chi connectivity index (χ0v) is 24.5. The molecule has 1 atom stereocenters. The maximum absolute atomic E-state index is 15.2. The van der Waals surface area contributed by atoms with Gasteiger partial charge in [0.1, 0.15) is 5.75 Å². The van der Waals surface area contributed by atoms with Crippen molar-refractivity contribution in [2.45, 2.75) is 70.4 Å². The minimum Gasteiger partial charge on any atom is -0.494 e. The number of para-hydroxylation sites is 1. The minimum absolute atomic E-state index is 0.0208. The lowest BCUT2D eigenvalue weighted by Gasteiger charge is -2.41. The van der Waals surface area contributed by atoms with Gasteiger partial charge in [-0.2, -0.15) is 31.4 Å². The van der Waals surface area contributed by atoms with Crippen LogP contribution in [-0.2, 0) is 16.9 Å². The quantitative estimate of drug-likeness (QED) is 0.142. The van der Waals surface area contributed by atoms with Crippen molar-refractivity contribution in [1.82, 2.24) is 35.7 Å². The number of tetrazole rings is 1. The van der Waals surface area contributed by atoms with Crippen LogP contribution in [0.1, 0.15) is 63.0 Å². The van der Waals surface area contributed by atoms with Crippen LogP contribution < -0.4 is 10.1 Å². The Morgan fingerprint density at radius 3 is 2.38 bits per heavy atom. The van der Waals surface area contributed by atoms with Crippen LogP contribution in [0.2, 0.25) is 0 Å². The van der Waals surface area contributed by atoms with Crippen LogP contribution in [0.4, 0.5) is 26.3 Å². The third-order valence-electron chi connectivity index (χ3n) is 7.57. The minimum atomic E-state index is -4.95. The number of ether oxygens (including phenoxy) is 1. The smallest absolute Gasteiger partial charge is 0.416 e. The number of benzene rings is 2. The lowest BCUT2D eigenvalue weighted by Crippen LogP contribution is -2.58. The van der Waals surface area contributed by atoms with Gasteiger partial charge in [0.15, 0.2) is 11.4 Å². The highest BCUT2D eigenvalue weighted by molar-refractivity contribution is 6.28. The van der Waals surface area contributed by atoms with Gasteiger partial charge in [0, 0.05) is 24.8 Å². The second-order valence-corrected chi connectivity index (χ2v) is 11.4. The molecule has 0 saturated heterocycles. The van der Waals surface area contributed by atoms with E-state index in [9.17, 15) is 18.0 Å². The highest BCUT2D eigenvalue weighted by atomic mass is 19.4. The van der Waals surface area contributed by atoms with Crippen LogP contribution in [-0.4, -0.2) is 55.3 Å². The summed E-state index contributed by atoms with van der Waals surface area (Å²) in [6.07, 6.45) is -10.1. The Labute approximate surface area is 254 Å². The molecule has 0 fully saturated rings. The monoisotopic (exact) mass is 635 g/mol. The maximum atomic E-state index is 15.2. The third-order valence-corrected chi connectivity index (χ3v) is 7.57. The van der Waals surface area contributed by atoms with E-state index < -0.39 is 36.6 Å². The highest BCUT2D eigenvalue weighted by Crippen LogP contribution is 2.50. The van der Waals surface area contributed by atoms with Crippen LogP contribution in [0.3, 0.4) is 0 Å². The van der Waals surface area contributed by atoms with Crippen LogP contribution in [0.5, 0.6) is 5.75 Å². The molecule has 0 radical (unpaired) electrons. The summed E-state index contributed by atoms with van der Waals surface area (Å²) < 4.78 is 89.8. The van der Waals surface area contributed by atoms with Gasteiger partial charge in [-0.3, -0.25) is 9.48 Å². The Kier molecular flexibility index (Phi) is 8.90. The van der Waals surface area contributed by atoms with Gasteiger partial charge < -0.3 is 10.1 Å². The number of nitrogens with zero attached hydrogens (tertiary/aromatic N) is 5. The van der Waals surface area contributed by atoms with E-state index in [-0.39, 0.29) is 52.9 Å². The molecule has 15 heteroatoms. The molecule has 0 bridgehead atoms. The lowest BCUT2D eigenvalue weighted by atomic mass is 9.77. The fourth-order valence-corrected chi connectivity index (χ4v) is 5.48. The number of carbonyl (C=O) groups excluding carboxylic acids is 1. The Balaban J connectivity index is 1.51. The van der Waals surface area contributed by atoms with E-state index in [0.29, 0.717) is 30.3 Å². The molecular weight excluding hydrogens is 604 g/mol. The summed E-state index contributed by atoms with van der Waals surface area (Å²) in [4.78, 5) is 13.7. The number of amides is 1. The SMILES string of the molecule is CC(C)Cn1nc(C2=C(c3nnn[nH]3)C(=O)NC(c3ccc(OCCCCCC(F)(F)F)cc3)(C(F)(F)F)C2)c2ccccc21. The van der Waals surface area contributed by atoms with E-state index in [0.717, 1.165) is 0 Å². The number of alkyl halides is 6. The van der Waals surface area contributed by atoms with Crippen molar-refractivity contribution in [3.8, 4) is 5.75 Å². The van der Waals surface area contributed by atoms with E-state index in [4.69, 9.17) is 9.84 Å². The lowest BCUT2D eigenvalue weighted by molar-refractivity contribution is -0.201. The fraction of sp³-hybridized carbons (Fsp3) is 0.433. The van der Waals surface area contributed by atoms with Crippen LogP contribution in [0.25, 0.3) is 22.0 Å². The summed E-state index contributed by atoms with van der Waals surface area (Å²) >= 11 is 0. The number of rotatable bonds is 11. The Bertz CT molecular complexity index is 1660. The van der Waals surface area contributed by atoms with Crippen molar-refractivity contribution in [1.29, 1.82) is 0 Å². The molecule has 1 amide bonds. The van der Waals surface area contributed by atoms with Gasteiger partial charge in [0.25, 0.3) is 5.91 Å². The average Bonchev–Trinajstić information content (AvgIpc) is 3.62. The zero-order valence-electron chi connectivity index (χ0n) is 24.5. The van der Waals surface area contributed by atoms with Crippen LogP contribution in [0.15, 0.2) is 48.5 Å². The van der Waals surface area contributed by atoms with Crippen molar-refractivity contribution in [3.63, 3.8) is 0 Å². The summed E-state index contributed by atoms with van der Waals surface area (Å²) in [7, 11) is 0. The molecule has 9 nitrogen and oxygen atoms in total. The summed E-state index contributed by atoms with van der Waals surface area (Å²) in [5, 5.41) is 20.9. The summed E-state index contributed by atoms with van der Waals surface area (Å²) in [5.74, 6) is -0.706. The van der Waals surface area contributed by atoms with E-state index in [1.807, 2.05) is 19.9 Å². The first-order chi connectivity index (χ1) is 21.3. The summed E-state index contributed by atoms with van der Waals surface area (Å²) in [6, 6.07) is 12.3. The van der Waals surface area contributed by atoms with Crippen molar-refractivity contribution >= 4 is 28.0 Å². The molecule has 1 unspecified atom stereocenters. The van der Waals surface area contributed by atoms with Gasteiger partial charge in [-0.25, -0.2) is 5.10 Å². The molecule has 0 saturated carbocycles. The fourth-order valence-electron chi connectivity index (χ4n) is 5.48. The Morgan fingerprint density at radius 2 is 1.73 bits per heavy atom. The van der Waals surface area contributed by atoms with Crippen molar-refractivity contribution in [3.05, 3.63) is 65.6 Å². The average molecular weight is 636 g/mol. The molecule has 1 aliphatic heterocycles. The number of H-pyrrole nitrogens is 1. The third kappa shape index (κ3) is 6.81. The van der Waals surface area contributed by atoms with Crippen molar-refractivity contribution in [2.75, 3.05) is 6.61 Å². The van der Waals surface area contributed by atoms with Crippen molar-refractivity contribution in [2.24, 2.45) is 5.92 Å². The number of halogens is 6. The molecule has 3 heterocycles. The number of hydrogen-bond donors (Lipinski definition) is 2. The predicted octanol–water partition coefficient (Wildman–Crippen LogP) is 6.60. The molecule has 0 aliphatic carbocycles. The zero-order chi connectivity index (χ0) is 32.4. The second kappa shape index (κ2) is 12.5.